The normalized spacial score (nSPS) is 10.9. The monoisotopic (exact) mass is 432 g/mol. The number of aromatic nitrogens is 2. The first kappa shape index (κ1) is 21.2. The predicted octanol–water partition coefficient (Wildman–Crippen LogP) is 5.59. The molecule has 0 spiro atoms. The summed E-state index contributed by atoms with van der Waals surface area (Å²) in [5.41, 5.74) is 3.13. The lowest BCUT2D eigenvalue weighted by molar-refractivity contribution is 0.0978. The zero-order chi connectivity index (χ0) is 22.7. The van der Waals surface area contributed by atoms with Crippen molar-refractivity contribution in [3.05, 3.63) is 66.4 Å². The van der Waals surface area contributed by atoms with Gasteiger partial charge >= 0.3 is 0 Å². The number of ether oxygens (including phenoxy) is 1. The number of hydrogen-bond donors (Lipinski definition) is 2. The van der Waals surface area contributed by atoms with Gasteiger partial charge in [-0.25, -0.2) is 0 Å². The fourth-order valence-corrected chi connectivity index (χ4v) is 3.76. The first-order chi connectivity index (χ1) is 15.6. The Bertz CT molecular complexity index is 1220. The molecule has 0 saturated heterocycles. The van der Waals surface area contributed by atoms with E-state index in [0.717, 1.165) is 12.0 Å². The second-order valence-corrected chi connectivity index (χ2v) is 7.39. The van der Waals surface area contributed by atoms with Gasteiger partial charge in [0.05, 0.1) is 18.4 Å². The highest BCUT2D eigenvalue weighted by Crippen LogP contribution is 2.46. The van der Waals surface area contributed by atoms with Crippen molar-refractivity contribution in [2.75, 3.05) is 7.11 Å². The van der Waals surface area contributed by atoms with Crippen LogP contribution in [0.15, 0.2) is 65.4 Å². The van der Waals surface area contributed by atoms with Crippen molar-refractivity contribution in [2.24, 2.45) is 0 Å². The second-order valence-electron chi connectivity index (χ2n) is 7.39. The zero-order valence-corrected chi connectivity index (χ0v) is 17.9. The van der Waals surface area contributed by atoms with Crippen molar-refractivity contribution in [1.29, 1.82) is 0 Å². The number of carbonyl (C=O) groups excluding carboxylic acids is 1. The van der Waals surface area contributed by atoms with Gasteiger partial charge < -0.3 is 19.5 Å². The van der Waals surface area contributed by atoms with Crippen LogP contribution in [0.1, 0.15) is 36.5 Å². The number of methoxy groups -OCH3 is 1. The fourth-order valence-electron chi connectivity index (χ4n) is 3.76. The van der Waals surface area contributed by atoms with E-state index < -0.39 is 11.6 Å². The molecule has 4 rings (SSSR count). The minimum atomic E-state index is -0.437. The Balaban J connectivity index is 1.93. The fraction of sp³-hybridized carbons (Fsp3) is 0.200. The van der Waals surface area contributed by atoms with Crippen LogP contribution in [-0.4, -0.2) is 32.8 Å². The summed E-state index contributed by atoms with van der Waals surface area (Å²) in [4.78, 5) is 13.1. The number of rotatable bonds is 8. The third-order valence-electron chi connectivity index (χ3n) is 5.38. The molecule has 2 N–H and O–H groups in total. The van der Waals surface area contributed by atoms with E-state index in [0.29, 0.717) is 34.8 Å². The molecule has 2 aromatic carbocycles. The van der Waals surface area contributed by atoms with E-state index in [1.54, 1.807) is 30.3 Å². The lowest BCUT2D eigenvalue weighted by Gasteiger charge is -2.15. The van der Waals surface area contributed by atoms with Gasteiger partial charge in [0.25, 0.3) is 0 Å². The molecule has 0 amide bonds. The first-order valence-electron chi connectivity index (χ1n) is 10.4. The van der Waals surface area contributed by atoms with Gasteiger partial charge in [-0.05, 0) is 30.7 Å². The smallest absolute Gasteiger partial charge is 0.240 e. The standard InChI is InChI=1S/C25H24N2O5/c1-3-4-8-20(28)22-23(18-7-5-6-9-21(18)31-2)27(25(30)24(22)29)17-12-10-16(11-13-17)19-14-15-32-26-19/h5-7,9-15,29-30H,3-4,8H2,1-2H3. The zero-order valence-electron chi connectivity index (χ0n) is 17.9. The second kappa shape index (κ2) is 9.01. The molecule has 164 valence electrons. The highest BCUT2D eigenvalue weighted by atomic mass is 16.5. The van der Waals surface area contributed by atoms with Gasteiger partial charge in [-0.15, -0.1) is 0 Å². The first-order valence-corrected chi connectivity index (χ1v) is 10.4. The predicted molar refractivity (Wildman–Crippen MR) is 120 cm³/mol. The molecular weight excluding hydrogens is 408 g/mol. The topological polar surface area (TPSA) is 97.7 Å². The molecule has 4 aromatic rings. The number of benzene rings is 2. The molecule has 2 aromatic heterocycles. The number of para-hydroxylation sites is 1. The molecule has 0 saturated carbocycles. The molecule has 7 nitrogen and oxygen atoms in total. The number of hydrogen-bond acceptors (Lipinski definition) is 6. The third kappa shape index (κ3) is 3.73. The van der Waals surface area contributed by atoms with Crippen molar-refractivity contribution in [3.8, 4) is 45.6 Å². The Morgan fingerprint density at radius 1 is 1.09 bits per heavy atom. The van der Waals surface area contributed by atoms with Crippen molar-refractivity contribution in [2.45, 2.75) is 26.2 Å². The summed E-state index contributed by atoms with van der Waals surface area (Å²) in [7, 11) is 1.54. The molecule has 0 unspecified atom stereocenters. The van der Waals surface area contributed by atoms with Gasteiger partial charge in [0.1, 0.15) is 17.7 Å². The highest BCUT2D eigenvalue weighted by Gasteiger charge is 2.30. The Labute approximate surface area is 185 Å². The van der Waals surface area contributed by atoms with Crippen molar-refractivity contribution >= 4 is 5.78 Å². The van der Waals surface area contributed by atoms with Crippen LogP contribution in [0.2, 0.25) is 0 Å². The molecule has 0 atom stereocenters. The number of Topliss-reactive ketones (excluding diaryl/α,β-unsaturated/α-hetero) is 1. The molecule has 2 heterocycles. The van der Waals surface area contributed by atoms with E-state index >= 15 is 0 Å². The van der Waals surface area contributed by atoms with E-state index in [1.807, 2.05) is 31.2 Å². The maximum atomic E-state index is 13.1. The minimum Gasteiger partial charge on any atom is -0.503 e. The summed E-state index contributed by atoms with van der Waals surface area (Å²) in [5, 5.41) is 25.6. The molecular formula is C25H24N2O5. The van der Waals surface area contributed by atoms with E-state index in [9.17, 15) is 15.0 Å². The average Bonchev–Trinajstić information content (AvgIpc) is 3.45. The van der Waals surface area contributed by atoms with E-state index in [2.05, 4.69) is 5.16 Å². The molecule has 32 heavy (non-hydrogen) atoms. The van der Waals surface area contributed by atoms with Gasteiger partial charge in [0.2, 0.25) is 5.88 Å². The maximum absolute atomic E-state index is 13.1. The van der Waals surface area contributed by atoms with Crippen LogP contribution in [0.5, 0.6) is 17.4 Å². The molecule has 0 aliphatic carbocycles. The highest BCUT2D eigenvalue weighted by molar-refractivity contribution is 6.06. The summed E-state index contributed by atoms with van der Waals surface area (Å²) >= 11 is 0. The number of aromatic hydroxyl groups is 2. The van der Waals surface area contributed by atoms with Crippen LogP contribution in [0.25, 0.3) is 28.2 Å². The van der Waals surface area contributed by atoms with Gasteiger partial charge in [-0.3, -0.25) is 9.36 Å². The summed E-state index contributed by atoms with van der Waals surface area (Å²) in [6.07, 6.45) is 3.28. The van der Waals surface area contributed by atoms with Crippen LogP contribution in [0.4, 0.5) is 0 Å². The lowest BCUT2D eigenvalue weighted by atomic mass is 10.00. The van der Waals surface area contributed by atoms with Crippen molar-refractivity contribution < 1.29 is 24.3 Å². The molecule has 0 bridgehead atoms. The number of unbranched alkanes of at least 4 members (excludes halogenated alkanes) is 1. The summed E-state index contributed by atoms with van der Waals surface area (Å²) in [6, 6.07) is 16.2. The number of carbonyl (C=O) groups is 1. The van der Waals surface area contributed by atoms with E-state index in [4.69, 9.17) is 9.26 Å². The van der Waals surface area contributed by atoms with Crippen LogP contribution < -0.4 is 4.74 Å². The molecule has 7 heteroatoms. The van der Waals surface area contributed by atoms with Crippen LogP contribution >= 0.6 is 0 Å². The van der Waals surface area contributed by atoms with Crippen molar-refractivity contribution in [1.82, 2.24) is 9.72 Å². The quantitative estimate of drug-likeness (QED) is 0.352. The Morgan fingerprint density at radius 3 is 2.50 bits per heavy atom. The van der Waals surface area contributed by atoms with Crippen LogP contribution in [0.3, 0.4) is 0 Å². The van der Waals surface area contributed by atoms with Crippen molar-refractivity contribution in [3.63, 3.8) is 0 Å². The number of ketones is 1. The lowest BCUT2D eigenvalue weighted by Crippen LogP contribution is -2.04. The van der Waals surface area contributed by atoms with Gasteiger partial charge in [0, 0.05) is 29.3 Å². The largest absolute Gasteiger partial charge is 0.503 e. The van der Waals surface area contributed by atoms with E-state index in [1.165, 1.54) is 17.9 Å². The Morgan fingerprint density at radius 2 is 1.84 bits per heavy atom. The maximum Gasteiger partial charge on any atom is 0.240 e. The Hall–Kier alpha value is -4.00. The van der Waals surface area contributed by atoms with Gasteiger partial charge in [0.15, 0.2) is 11.5 Å². The summed E-state index contributed by atoms with van der Waals surface area (Å²) < 4.78 is 11.9. The molecule has 0 fully saturated rings. The summed E-state index contributed by atoms with van der Waals surface area (Å²) in [5.74, 6) is -0.555. The van der Waals surface area contributed by atoms with Crippen LogP contribution in [0, 0.1) is 0 Å². The average molecular weight is 432 g/mol. The van der Waals surface area contributed by atoms with Crippen LogP contribution in [-0.2, 0) is 0 Å². The molecule has 0 aliphatic heterocycles. The molecule has 0 aliphatic rings. The summed E-state index contributed by atoms with van der Waals surface area (Å²) in [6.45, 7) is 1.99. The van der Waals surface area contributed by atoms with Gasteiger partial charge in [-0.1, -0.05) is 42.8 Å². The van der Waals surface area contributed by atoms with Gasteiger partial charge in [-0.2, -0.15) is 0 Å². The van der Waals surface area contributed by atoms with E-state index in [-0.39, 0.29) is 17.8 Å². The minimum absolute atomic E-state index is 0.0843. The Kier molecular flexibility index (Phi) is 5.98. The number of nitrogens with zero attached hydrogens (tertiary/aromatic N) is 2. The third-order valence-corrected chi connectivity index (χ3v) is 5.38. The molecule has 0 radical (unpaired) electrons. The SMILES string of the molecule is CCCCC(=O)c1c(O)c(O)n(-c2ccc(-c3ccon3)cc2)c1-c1ccccc1OC.